The molecule has 0 bridgehead atoms. The Labute approximate surface area is 222 Å². The minimum atomic E-state index is -1.10. The average Bonchev–Trinajstić information content (AvgIpc) is 3.17. The van der Waals surface area contributed by atoms with Crippen LogP contribution in [0, 0.1) is 0 Å². The molecule has 1 atom stereocenters. The van der Waals surface area contributed by atoms with E-state index in [1.54, 1.807) is 50.2 Å². The Balaban J connectivity index is 1.97. The lowest BCUT2D eigenvalue weighted by Crippen LogP contribution is -2.40. The second kappa shape index (κ2) is 11.1. The Morgan fingerprint density at radius 2 is 1.92 bits per heavy atom. The average molecular weight is 537 g/mol. The fraction of sp³-hybridized carbons (Fsp3) is 0.286. The monoisotopic (exact) mass is 536 g/mol. The van der Waals surface area contributed by atoms with Crippen LogP contribution in [0.2, 0.25) is 0 Å². The summed E-state index contributed by atoms with van der Waals surface area (Å²) in [5.41, 5.74) is 1.32. The number of ether oxygens (including phenoxy) is 3. The molecular formula is C28H28N2O7S. The van der Waals surface area contributed by atoms with E-state index in [9.17, 15) is 19.5 Å². The van der Waals surface area contributed by atoms with Crippen molar-refractivity contribution >= 4 is 29.4 Å². The predicted molar refractivity (Wildman–Crippen MR) is 143 cm³/mol. The van der Waals surface area contributed by atoms with Gasteiger partial charge < -0.3 is 19.3 Å². The molecule has 38 heavy (non-hydrogen) atoms. The first kappa shape index (κ1) is 26.9. The van der Waals surface area contributed by atoms with Crippen LogP contribution in [-0.4, -0.2) is 41.4 Å². The van der Waals surface area contributed by atoms with E-state index in [1.165, 1.54) is 23.8 Å². The molecule has 1 aliphatic rings. The van der Waals surface area contributed by atoms with Gasteiger partial charge in [-0.05, 0) is 63.1 Å². The topological polar surface area (TPSA) is 116 Å². The van der Waals surface area contributed by atoms with Crippen LogP contribution in [0.3, 0.4) is 0 Å². The molecule has 198 valence electrons. The molecule has 1 aliphatic heterocycles. The van der Waals surface area contributed by atoms with Gasteiger partial charge in [0, 0.05) is 0 Å². The Morgan fingerprint density at radius 3 is 2.58 bits per heavy atom. The van der Waals surface area contributed by atoms with Gasteiger partial charge in [-0.15, -0.1) is 0 Å². The third-order valence-corrected chi connectivity index (χ3v) is 6.84. The Kier molecular flexibility index (Phi) is 7.82. The van der Waals surface area contributed by atoms with Crippen molar-refractivity contribution in [3.8, 4) is 11.5 Å². The van der Waals surface area contributed by atoms with Crippen LogP contribution in [0.1, 0.15) is 55.2 Å². The van der Waals surface area contributed by atoms with Gasteiger partial charge in [-0.2, -0.15) is 0 Å². The molecule has 10 heteroatoms. The van der Waals surface area contributed by atoms with E-state index in [-0.39, 0.29) is 28.4 Å². The lowest BCUT2D eigenvalue weighted by molar-refractivity contribution is -0.139. The Bertz CT molecular complexity index is 1610. The molecular weight excluding hydrogens is 508 g/mol. The highest BCUT2D eigenvalue weighted by Crippen LogP contribution is 2.36. The van der Waals surface area contributed by atoms with Gasteiger partial charge in [0.15, 0.2) is 16.3 Å². The van der Waals surface area contributed by atoms with Crippen LogP contribution >= 0.6 is 11.3 Å². The van der Waals surface area contributed by atoms with Crippen molar-refractivity contribution in [2.24, 2.45) is 4.99 Å². The van der Waals surface area contributed by atoms with Gasteiger partial charge in [-0.3, -0.25) is 9.36 Å². The number of methoxy groups -OCH3 is 1. The molecule has 0 unspecified atom stereocenters. The number of esters is 1. The minimum absolute atomic E-state index is 0.0729. The lowest BCUT2D eigenvalue weighted by atomic mass is 9.95. The molecule has 3 aromatic rings. The molecule has 9 nitrogen and oxygen atoms in total. The highest BCUT2D eigenvalue weighted by Gasteiger charge is 2.34. The number of aromatic nitrogens is 1. The van der Waals surface area contributed by atoms with Crippen LogP contribution in [0.25, 0.3) is 6.08 Å². The van der Waals surface area contributed by atoms with Crippen molar-refractivity contribution in [1.82, 2.24) is 4.57 Å². The molecule has 0 aliphatic carbocycles. The highest BCUT2D eigenvalue weighted by molar-refractivity contribution is 7.07. The summed E-state index contributed by atoms with van der Waals surface area (Å²) < 4.78 is 18.5. The molecule has 1 aromatic heterocycles. The lowest BCUT2D eigenvalue weighted by Gasteiger charge is -2.25. The normalized spacial score (nSPS) is 15.2. The number of carbonyl (C=O) groups excluding carboxylic acids is 1. The fourth-order valence-electron chi connectivity index (χ4n) is 4.27. The predicted octanol–water partition coefficient (Wildman–Crippen LogP) is 3.29. The molecule has 0 saturated heterocycles. The summed E-state index contributed by atoms with van der Waals surface area (Å²) in [6.45, 7) is 7.36. The number of rotatable bonds is 8. The number of nitrogens with zero attached hydrogens (tertiary/aromatic N) is 2. The zero-order valence-electron chi connectivity index (χ0n) is 21.7. The molecule has 2 aromatic carbocycles. The number of allylic oxidation sites excluding steroid dienone is 1. The maximum Gasteiger partial charge on any atom is 0.338 e. The smallest absolute Gasteiger partial charge is 0.338 e. The summed E-state index contributed by atoms with van der Waals surface area (Å²) in [7, 11) is 1.52. The first-order valence-electron chi connectivity index (χ1n) is 12.0. The molecule has 0 radical (unpaired) electrons. The number of hydrogen-bond acceptors (Lipinski definition) is 8. The van der Waals surface area contributed by atoms with Gasteiger partial charge in [0.05, 0.1) is 47.2 Å². The Hall–Kier alpha value is -4.18. The van der Waals surface area contributed by atoms with Crippen molar-refractivity contribution in [1.29, 1.82) is 0 Å². The third kappa shape index (κ3) is 5.12. The van der Waals surface area contributed by atoms with Gasteiger partial charge >= 0.3 is 11.9 Å². The van der Waals surface area contributed by atoms with Crippen LogP contribution in [0.15, 0.2) is 63.5 Å². The quantitative estimate of drug-likeness (QED) is 0.439. The zero-order chi connectivity index (χ0) is 27.6. The van der Waals surface area contributed by atoms with E-state index in [4.69, 9.17) is 14.2 Å². The van der Waals surface area contributed by atoms with E-state index in [1.807, 2.05) is 13.8 Å². The number of hydrogen-bond donors (Lipinski definition) is 1. The standard InChI is InChI=1S/C28H28N2O7S/c1-6-36-27(34)23-16(4)29-28-30(24(23)18-11-12-20(37-15(2)3)21(13-18)35-5)25(31)22(38-28)14-17-9-7-8-10-19(17)26(32)33/h7-15,24H,6H2,1-5H3,(H,32,33)/b22-14+/t24-/m1/s1. The van der Waals surface area contributed by atoms with Crippen molar-refractivity contribution in [3.63, 3.8) is 0 Å². The van der Waals surface area contributed by atoms with E-state index >= 15 is 0 Å². The maximum absolute atomic E-state index is 13.8. The Morgan fingerprint density at radius 1 is 1.18 bits per heavy atom. The summed E-state index contributed by atoms with van der Waals surface area (Å²) >= 11 is 1.12. The number of aromatic carboxylic acids is 1. The number of carboxylic acid groups (broad SMARTS) is 1. The number of thiazole rings is 1. The number of fused-ring (bicyclic) bond motifs is 1. The number of carboxylic acids is 1. The molecule has 4 rings (SSSR count). The third-order valence-electron chi connectivity index (χ3n) is 5.86. The van der Waals surface area contributed by atoms with E-state index < -0.39 is 23.5 Å². The molecule has 0 saturated carbocycles. The van der Waals surface area contributed by atoms with E-state index in [0.29, 0.717) is 33.1 Å². The maximum atomic E-state index is 13.8. The van der Waals surface area contributed by atoms with Crippen molar-refractivity contribution in [2.45, 2.75) is 39.8 Å². The number of benzene rings is 2. The van der Waals surface area contributed by atoms with Gasteiger partial charge in [0.2, 0.25) is 0 Å². The molecule has 1 N–H and O–H groups in total. The first-order chi connectivity index (χ1) is 18.2. The second-order valence-electron chi connectivity index (χ2n) is 8.77. The first-order valence-corrected chi connectivity index (χ1v) is 12.8. The van der Waals surface area contributed by atoms with Gasteiger partial charge in [0.25, 0.3) is 5.56 Å². The van der Waals surface area contributed by atoms with Crippen LogP contribution < -0.4 is 24.4 Å². The molecule has 0 fully saturated rings. The van der Waals surface area contributed by atoms with Crippen LogP contribution in [0.4, 0.5) is 0 Å². The zero-order valence-corrected chi connectivity index (χ0v) is 22.5. The summed E-state index contributed by atoms with van der Waals surface area (Å²) in [4.78, 5) is 43.5. The molecule has 2 heterocycles. The number of carbonyl (C=O) groups is 2. The SMILES string of the molecule is CCOC(=O)C1=C(C)N=c2s/c(=C/c3ccccc3C(=O)O)c(=O)n2[C@@H]1c1ccc(OC(C)C)c(OC)c1. The summed E-state index contributed by atoms with van der Waals surface area (Å²) in [6, 6.07) is 10.8. The van der Waals surface area contributed by atoms with Gasteiger partial charge in [0.1, 0.15) is 0 Å². The molecule has 0 amide bonds. The van der Waals surface area contributed by atoms with E-state index in [2.05, 4.69) is 4.99 Å². The molecule has 0 spiro atoms. The van der Waals surface area contributed by atoms with Crippen molar-refractivity contribution in [2.75, 3.05) is 13.7 Å². The van der Waals surface area contributed by atoms with Crippen molar-refractivity contribution in [3.05, 3.63) is 90.1 Å². The summed E-state index contributed by atoms with van der Waals surface area (Å²) in [5.74, 6) is -0.696. The van der Waals surface area contributed by atoms with Gasteiger partial charge in [-0.25, -0.2) is 14.6 Å². The second-order valence-corrected chi connectivity index (χ2v) is 9.78. The van der Waals surface area contributed by atoms with E-state index in [0.717, 1.165) is 11.3 Å². The largest absolute Gasteiger partial charge is 0.493 e. The highest BCUT2D eigenvalue weighted by atomic mass is 32.1. The van der Waals surface area contributed by atoms with Crippen LogP contribution in [0.5, 0.6) is 11.5 Å². The van der Waals surface area contributed by atoms with Gasteiger partial charge in [-0.1, -0.05) is 35.6 Å². The van der Waals surface area contributed by atoms with Crippen LogP contribution in [-0.2, 0) is 9.53 Å². The fourth-order valence-corrected chi connectivity index (χ4v) is 5.31. The summed E-state index contributed by atoms with van der Waals surface area (Å²) in [5, 5.41) is 9.57. The minimum Gasteiger partial charge on any atom is -0.493 e. The van der Waals surface area contributed by atoms with Crippen molar-refractivity contribution < 1.29 is 28.9 Å². The summed E-state index contributed by atoms with van der Waals surface area (Å²) in [6.07, 6.45) is 1.45.